The number of rotatable bonds is 6. The monoisotopic (exact) mass is 470 g/mol. The van der Waals surface area contributed by atoms with Gasteiger partial charge < -0.3 is 10.1 Å². The minimum Gasteiger partial charge on any atom is -0.488 e. The van der Waals surface area contributed by atoms with Crippen LogP contribution < -0.4 is 10.1 Å². The molecular formula is C24H17Cl3N2O2. The van der Waals surface area contributed by atoms with Crippen molar-refractivity contribution < 1.29 is 9.53 Å². The fourth-order valence-electron chi connectivity index (χ4n) is 2.79. The molecular weight excluding hydrogens is 455 g/mol. The van der Waals surface area contributed by atoms with Crippen LogP contribution in [0.15, 0.2) is 66.2 Å². The summed E-state index contributed by atoms with van der Waals surface area (Å²) in [5, 5.41) is 13.9. The zero-order chi connectivity index (χ0) is 22.4. The molecule has 0 saturated heterocycles. The molecule has 3 aromatic rings. The molecule has 31 heavy (non-hydrogen) atoms. The molecule has 7 heteroatoms. The minimum absolute atomic E-state index is 0.103. The summed E-state index contributed by atoms with van der Waals surface area (Å²) in [5.74, 6) is -0.0857. The summed E-state index contributed by atoms with van der Waals surface area (Å²) in [4.78, 5) is 12.7. The molecule has 0 atom stereocenters. The maximum atomic E-state index is 12.7. The zero-order valence-corrected chi connectivity index (χ0v) is 18.7. The van der Waals surface area contributed by atoms with Gasteiger partial charge in [-0.1, -0.05) is 53.0 Å². The van der Waals surface area contributed by atoms with Gasteiger partial charge >= 0.3 is 0 Å². The third-order valence-electron chi connectivity index (χ3n) is 4.44. The van der Waals surface area contributed by atoms with E-state index in [0.29, 0.717) is 37.6 Å². The van der Waals surface area contributed by atoms with E-state index in [2.05, 4.69) is 5.32 Å². The molecule has 0 spiro atoms. The SMILES string of the molecule is Cc1c(Cl)cccc1NC(=O)/C(C#N)=C/c1cc(Cl)ccc1OCc1cccc(Cl)c1. The van der Waals surface area contributed by atoms with Crippen LogP contribution in [0.2, 0.25) is 15.1 Å². The average molecular weight is 472 g/mol. The zero-order valence-electron chi connectivity index (χ0n) is 16.5. The van der Waals surface area contributed by atoms with E-state index >= 15 is 0 Å². The van der Waals surface area contributed by atoms with Crippen molar-refractivity contribution >= 4 is 52.5 Å². The number of nitrogens with zero attached hydrogens (tertiary/aromatic N) is 1. The second-order valence-electron chi connectivity index (χ2n) is 6.64. The van der Waals surface area contributed by atoms with Gasteiger partial charge in [-0.2, -0.15) is 5.26 Å². The van der Waals surface area contributed by atoms with Crippen molar-refractivity contribution in [2.45, 2.75) is 13.5 Å². The maximum Gasteiger partial charge on any atom is 0.266 e. The Hall–Kier alpha value is -2.97. The molecule has 0 aliphatic heterocycles. The molecule has 1 N–H and O–H groups in total. The molecule has 0 aliphatic carbocycles. The Morgan fingerprint density at radius 1 is 1.06 bits per heavy atom. The molecule has 0 unspecified atom stereocenters. The molecule has 0 radical (unpaired) electrons. The summed E-state index contributed by atoms with van der Waals surface area (Å²) in [6, 6.07) is 19.4. The molecule has 0 heterocycles. The van der Waals surface area contributed by atoms with Gasteiger partial charge in [0.25, 0.3) is 5.91 Å². The first kappa shape index (κ1) is 22.7. The predicted octanol–water partition coefficient (Wildman–Crippen LogP) is 7.08. The van der Waals surface area contributed by atoms with Gasteiger partial charge in [0.05, 0.1) is 0 Å². The summed E-state index contributed by atoms with van der Waals surface area (Å²) in [6.45, 7) is 2.05. The molecule has 3 rings (SSSR count). The van der Waals surface area contributed by atoms with Crippen LogP contribution >= 0.6 is 34.8 Å². The second-order valence-corrected chi connectivity index (χ2v) is 7.92. The first-order valence-corrected chi connectivity index (χ1v) is 10.4. The standard InChI is InChI=1S/C24H17Cl3N2O2/c1-15-21(27)6-3-7-22(15)29-24(30)18(13-28)11-17-12-20(26)8-9-23(17)31-14-16-4-2-5-19(25)10-16/h2-12H,14H2,1H3,(H,29,30)/b18-11+. The van der Waals surface area contributed by atoms with Gasteiger partial charge in [-0.15, -0.1) is 0 Å². The van der Waals surface area contributed by atoms with E-state index < -0.39 is 5.91 Å². The predicted molar refractivity (Wildman–Crippen MR) is 126 cm³/mol. The van der Waals surface area contributed by atoms with Crippen molar-refractivity contribution in [2.24, 2.45) is 0 Å². The molecule has 3 aromatic carbocycles. The van der Waals surface area contributed by atoms with Crippen LogP contribution in [0.5, 0.6) is 5.75 Å². The number of hydrogen-bond donors (Lipinski definition) is 1. The first-order chi connectivity index (χ1) is 14.9. The molecule has 0 aliphatic rings. The van der Waals surface area contributed by atoms with Gasteiger partial charge in [0.1, 0.15) is 24.0 Å². The summed E-state index contributed by atoms with van der Waals surface area (Å²) in [6.07, 6.45) is 1.44. The molecule has 1 amide bonds. The number of carbonyl (C=O) groups is 1. The number of benzene rings is 3. The lowest BCUT2D eigenvalue weighted by Gasteiger charge is -2.11. The smallest absolute Gasteiger partial charge is 0.266 e. The van der Waals surface area contributed by atoms with Gasteiger partial charge in [0.2, 0.25) is 0 Å². The fraction of sp³-hybridized carbons (Fsp3) is 0.0833. The van der Waals surface area contributed by atoms with E-state index in [9.17, 15) is 10.1 Å². The van der Waals surface area contributed by atoms with Crippen molar-refractivity contribution in [3.63, 3.8) is 0 Å². The summed E-state index contributed by atoms with van der Waals surface area (Å²) in [5.41, 5.74) is 2.52. The summed E-state index contributed by atoms with van der Waals surface area (Å²) < 4.78 is 5.89. The highest BCUT2D eigenvalue weighted by atomic mass is 35.5. The van der Waals surface area contributed by atoms with Gasteiger partial charge in [0, 0.05) is 26.3 Å². The first-order valence-electron chi connectivity index (χ1n) is 9.22. The Bertz CT molecular complexity index is 1200. The minimum atomic E-state index is -0.561. The third-order valence-corrected chi connectivity index (χ3v) is 5.32. The number of anilines is 1. The van der Waals surface area contributed by atoms with Crippen LogP contribution in [-0.2, 0) is 11.4 Å². The van der Waals surface area contributed by atoms with Crippen molar-refractivity contribution in [3.05, 3.63) is 98.0 Å². The third kappa shape index (κ3) is 6.02. The van der Waals surface area contributed by atoms with Crippen LogP contribution in [0.25, 0.3) is 6.08 Å². The van der Waals surface area contributed by atoms with E-state index in [1.165, 1.54) is 6.08 Å². The van der Waals surface area contributed by atoms with Gasteiger partial charge in [-0.3, -0.25) is 4.79 Å². The highest BCUT2D eigenvalue weighted by molar-refractivity contribution is 6.32. The Morgan fingerprint density at radius 2 is 1.81 bits per heavy atom. The quantitative estimate of drug-likeness (QED) is 0.308. The topological polar surface area (TPSA) is 62.1 Å². The second kappa shape index (κ2) is 10.4. The van der Waals surface area contributed by atoms with Crippen molar-refractivity contribution in [1.29, 1.82) is 5.26 Å². The number of nitrogens with one attached hydrogen (secondary N) is 1. The Kier molecular flexibility index (Phi) is 7.59. The van der Waals surface area contributed by atoms with Crippen LogP contribution in [0.1, 0.15) is 16.7 Å². The number of amides is 1. The summed E-state index contributed by atoms with van der Waals surface area (Å²) in [7, 11) is 0. The lowest BCUT2D eigenvalue weighted by atomic mass is 10.1. The van der Waals surface area contributed by atoms with E-state index in [1.54, 1.807) is 55.5 Å². The van der Waals surface area contributed by atoms with Crippen molar-refractivity contribution in [2.75, 3.05) is 5.32 Å². The largest absolute Gasteiger partial charge is 0.488 e. The Balaban J connectivity index is 1.85. The van der Waals surface area contributed by atoms with E-state index in [-0.39, 0.29) is 12.2 Å². The number of halogens is 3. The van der Waals surface area contributed by atoms with E-state index in [4.69, 9.17) is 39.5 Å². The molecule has 0 fully saturated rings. The number of hydrogen-bond acceptors (Lipinski definition) is 3. The van der Waals surface area contributed by atoms with Crippen LogP contribution in [0, 0.1) is 18.3 Å². The van der Waals surface area contributed by atoms with Gasteiger partial charge in [-0.25, -0.2) is 0 Å². The van der Waals surface area contributed by atoms with Crippen LogP contribution in [-0.4, -0.2) is 5.91 Å². The molecule has 0 saturated carbocycles. The molecule has 156 valence electrons. The maximum absolute atomic E-state index is 12.7. The van der Waals surface area contributed by atoms with Gasteiger partial charge in [-0.05, 0) is 66.6 Å². The number of carbonyl (C=O) groups excluding carboxylic acids is 1. The summed E-state index contributed by atoms with van der Waals surface area (Å²) >= 11 is 18.2. The van der Waals surface area contributed by atoms with Crippen LogP contribution in [0.4, 0.5) is 5.69 Å². The van der Waals surface area contributed by atoms with Crippen molar-refractivity contribution in [1.82, 2.24) is 0 Å². The average Bonchev–Trinajstić information content (AvgIpc) is 2.74. The lowest BCUT2D eigenvalue weighted by molar-refractivity contribution is -0.112. The van der Waals surface area contributed by atoms with Crippen LogP contribution in [0.3, 0.4) is 0 Å². The number of ether oxygens (including phenoxy) is 1. The highest BCUT2D eigenvalue weighted by Gasteiger charge is 2.14. The number of nitriles is 1. The Labute approximate surface area is 195 Å². The fourth-order valence-corrected chi connectivity index (χ4v) is 3.36. The normalized spacial score (nSPS) is 11.0. The Morgan fingerprint density at radius 3 is 2.55 bits per heavy atom. The van der Waals surface area contributed by atoms with E-state index in [1.807, 2.05) is 18.2 Å². The molecule has 0 bridgehead atoms. The molecule has 0 aromatic heterocycles. The lowest BCUT2D eigenvalue weighted by Crippen LogP contribution is -2.14. The molecule has 4 nitrogen and oxygen atoms in total. The van der Waals surface area contributed by atoms with Gasteiger partial charge in [0.15, 0.2) is 0 Å². The van der Waals surface area contributed by atoms with E-state index in [0.717, 1.165) is 5.56 Å². The highest BCUT2D eigenvalue weighted by Crippen LogP contribution is 2.28. The van der Waals surface area contributed by atoms with Crippen molar-refractivity contribution in [3.8, 4) is 11.8 Å².